The summed E-state index contributed by atoms with van der Waals surface area (Å²) in [5, 5.41) is 17.4. The molecule has 0 aromatic carbocycles. The lowest BCUT2D eigenvalue weighted by atomic mass is 10.1. The molecule has 68 valence electrons. The van der Waals surface area contributed by atoms with Crippen LogP contribution in [0.2, 0.25) is 0 Å². The Labute approximate surface area is 73.3 Å². The van der Waals surface area contributed by atoms with Crippen LogP contribution in [0.1, 0.15) is 18.1 Å². The highest BCUT2D eigenvalue weighted by Crippen LogP contribution is 2.21. The zero-order valence-electron chi connectivity index (χ0n) is 6.54. The molecule has 1 aromatic heterocycles. The average molecular weight is 184 g/mol. The monoisotopic (exact) mass is 184 g/mol. The van der Waals surface area contributed by atoms with Crippen LogP contribution in [0.25, 0.3) is 0 Å². The SMILES string of the molecule is N#CCC(O)c1c(F)cncc1F. The van der Waals surface area contributed by atoms with Crippen molar-refractivity contribution in [2.24, 2.45) is 0 Å². The fourth-order valence-electron chi connectivity index (χ4n) is 0.928. The number of rotatable bonds is 2. The zero-order chi connectivity index (χ0) is 9.84. The van der Waals surface area contributed by atoms with Crippen molar-refractivity contribution in [2.45, 2.75) is 12.5 Å². The van der Waals surface area contributed by atoms with Gasteiger partial charge in [0.2, 0.25) is 0 Å². The van der Waals surface area contributed by atoms with E-state index in [1.165, 1.54) is 0 Å². The van der Waals surface area contributed by atoms with E-state index in [4.69, 9.17) is 10.4 Å². The van der Waals surface area contributed by atoms with Gasteiger partial charge in [-0.25, -0.2) is 8.78 Å². The largest absolute Gasteiger partial charge is 0.387 e. The van der Waals surface area contributed by atoms with Crippen molar-refractivity contribution in [3.8, 4) is 6.07 Å². The van der Waals surface area contributed by atoms with Gasteiger partial charge in [0.05, 0.1) is 36.6 Å². The quantitative estimate of drug-likeness (QED) is 0.753. The smallest absolute Gasteiger partial charge is 0.150 e. The molecule has 3 nitrogen and oxygen atoms in total. The van der Waals surface area contributed by atoms with Gasteiger partial charge in [-0.3, -0.25) is 4.98 Å². The predicted molar refractivity (Wildman–Crippen MR) is 39.3 cm³/mol. The van der Waals surface area contributed by atoms with Gasteiger partial charge in [0.25, 0.3) is 0 Å². The van der Waals surface area contributed by atoms with Crippen LogP contribution in [0.4, 0.5) is 8.78 Å². The second-order valence-corrected chi connectivity index (χ2v) is 2.39. The number of pyridine rings is 1. The Balaban J connectivity index is 3.06. The lowest BCUT2D eigenvalue weighted by Crippen LogP contribution is -2.04. The number of halogens is 2. The minimum atomic E-state index is -1.44. The molecule has 0 amide bonds. The molecule has 0 aliphatic rings. The Morgan fingerprint density at radius 2 is 2.00 bits per heavy atom. The number of nitrogens with zero attached hydrogens (tertiary/aromatic N) is 2. The van der Waals surface area contributed by atoms with E-state index in [9.17, 15) is 8.78 Å². The molecule has 0 saturated heterocycles. The third-order valence-electron chi connectivity index (χ3n) is 1.51. The van der Waals surface area contributed by atoms with Gasteiger partial charge in [-0.05, 0) is 0 Å². The van der Waals surface area contributed by atoms with Crippen LogP contribution in [0.15, 0.2) is 12.4 Å². The van der Waals surface area contributed by atoms with Crippen molar-refractivity contribution in [3.05, 3.63) is 29.6 Å². The molecule has 13 heavy (non-hydrogen) atoms. The lowest BCUT2D eigenvalue weighted by Gasteiger charge is -2.07. The molecule has 0 spiro atoms. The fraction of sp³-hybridized carbons (Fsp3) is 0.250. The highest BCUT2D eigenvalue weighted by Gasteiger charge is 2.17. The molecule has 0 aliphatic carbocycles. The number of nitriles is 1. The number of aromatic nitrogens is 1. The maximum atomic E-state index is 12.9. The van der Waals surface area contributed by atoms with Gasteiger partial charge < -0.3 is 5.11 Å². The van der Waals surface area contributed by atoms with Crippen LogP contribution in [-0.2, 0) is 0 Å². The lowest BCUT2D eigenvalue weighted by molar-refractivity contribution is 0.173. The Morgan fingerprint density at radius 1 is 1.46 bits per heavy atom. The van der Waals surface area contributed by atoms with E-state index in [2.05, 4.69) is 4.98 Å². The molecule has 0 fully saturated rings. The van der Waals surface area contributed by atoms with Gasteiger partial charge in [-0.2, -0.15) is 5.26 Å². The third-order valence-corrected chi connectivity index (χ3v) is 1.51. The van der Waals surface area contributed by atoms with Crippen LogP contribution >= 0.6 is 0 Å². The first kappa shape index (κ1) is 9.55. The summed E-state index contributed by atoms with van der Waals surface area (Å²) in [4.78, 5) is 3.24. The summed E-state index contributed by atoms with van der Waals surface area (Å²) in [6.07, 6.45) is -0.205. The van der Waals surface area contributed by atoms with Crippen molar-refractivity contribution in [3.63, 3.8) is 0 Å². The summed E-state index contributed by atoms with van der Waals surface area (Å²) in [5.41, 5.74) is -0.503. The summed E-state index contributed by atoms with van der Waals surface area (Å²) in [6, 6.07) is 1.62. The zero-order valence-corrected chi connectivity index (χ0v) is 6.54. The van der Waals surface area contributed by atoms with E-state index in [-0.39, 0.29) is 6.42 Å². The first-order valence-corrected chi connectivity index (χ1v) is 3.50. The molecule has 0 bridgehead atoms. The Bertz CT molecular complexity index is 328. The topological polar surface area (TPSA) is 56.9 Å². The van der Waals surface area contributed by atoms with Gasteiger partial charge in [-0.15, -0.1) is 0 Å². The van der Waals surface area contributed by atoms with E-state index in [1.807, 2.05) is 0 Å². The van der Waals surface area contributed by atoms with Crippen LogP contribution in [0.3, 0.4) is 0 Å². The Hall–Kier alpha value is -1.54. The third kappa shape index (κ3) is 1.98. The summed E-state index contributed by atoms with van der Waals surface area (Å²) in [6.45, 7) is 0. The average Bonchev–Trinajstić information content (AvgIpc) is 2.04. The van der Waals surface area contributed by atoms with E-state index in [0.717, 1.165) is 12.4 Å². The molecule has 0 aliphatic heterocycles. The fourth-order valence-corrected chi connectivity index (χ4v) is 0.928. The molecular weight excluding hydrogens is 178 g/mol. The molecule has 1 aromatic rings. The van der Waals surface area contributed by atoms with Gasteiger partial charge in [0.15, 0.2) is 0 Å². The van der Waals surface area contributed by atoms with E-state index in [1.54, 1.807) is 6.07 Å². The van der Waals surface area contributed by atoms with Crippen LogP contribution < -0.4 is 0 Å². The van der Waals surface area contributed by atoms with Gasteiger partial charge >= 0.3 is 0 Å². The number of aliphatic hydroxyl groups is 1. The minimum Gasteiger partial charge on any atom is -0.387 e. The summed E-state index contributed by atoms with van der Waals surface area (Å²) in [7, 11) is 0. The molecule has 1 atom stereocenters. The first-order chi connectivity index (χ1) is 6.16. The maximum absolute atomic E-state index is 12.9. The van der Waals surface area contributed by atoms with Gasteiger partial charge in [0, 0.05) is 0 Å². The predicted octanol–water partition coefficient (Wildman–Crippen LogP) is 1.31. The Kier molecular flexibility index (Phi) is 2.88. The first-order valence-electron chi connectivity index (χ1n) is 3.50. The van der Waals surface area contributed by atoms with Gasteiger partial charge in [-0.1, -0.05) is 0 Å². The van der Waals surface area contributed by atoms with Crippen LogP contribution in [0, 0.1) is 23.0 Å². The second-order valence-electron chi connectivity index (χ2n) is 2.39. The molecule has 1 unspecified atom stereocenters. The minimum absolute atomic E-state index is 0.349. The summed E-state index contributed by atoms with van der Waals surface area (Å²) < 4.78 is 25.7. The molecule has 0 radical (unpaired) electrons. The number of aliphatic hydroxyl groups excluding tert-OH is 1. The molecule has 1 heterocycles. The van der Waals surface area contributed by atoms with E-state index < -0.39 is 23.3 Å². The molecule has 0 saturated carbocycles. The standard InChI is InChI=1S/C8H6F2N2O/c9-5-3-12-4-6(10)8(5)7(13)1-2-11/h3-4,7,13H,1H2. The van der Waals surface area contributed by atoms with Crippen LogP contribution in [-0.4, -0.2) is 10.1 Å². The van der Waals surface area contributed by atoms with Gasteiger partial charge in [0.1, 0.15) is 11.6 Å². The number of hydrogen-bond donors (Lipinski definition) is 1. The second kappa shape index (κ2) is 3.92. The van der Waals surface area contributed by atoms with E-state index >= 15 is 0 Å². The van der Waals surface area contributed by atoms with Crippen molar-refractivity contribution >= 4 is 0 Å². The number of hydrogen-bond acceptors (Lipinski definition) is 3. The van der Waals surface area contributed by atoms with Crippen molar-refractivity contribution in [1.82, 2.24) is 4.98 Å². The highest BCUT2D eigenvalue weighted by molar-refractivity contribution is 5.18. The molecule has 1 rings (SSSR count). The Morgan fingerprint density at radius 3 is 2.46 bits per heavy atom. The molecule has 5 heteroatoms. The van der Waals surface area contributed by atoms with Crippen molar-refractivity contribution in [2.75, 3.05) is 0 Å². The normalized spacial score (nSPS) is 12.2. The molecular formula is C8H6F2N2O. The maximum Gasteiger partial charge on any atom is 0.150 e. The van der Waals surface area contributed by atoms with E-state index in [0.29, 0.717) is 0 Å². The highest BCUT2D eigenvalue weighted by atomic mass is 19.1. The molecule has 1 N–H and O–H groups in total. The van der Waals surface area contributed by atoms with Crippen LogP contribution in [0.5, 0.6) is 0 Å². The van der Waals surface area contributed by atoms with Crippen molar-refractivity contribution < 1.29 is 13.9 Å². The summed E-state index contributed by atoms with van der Waals surface area (Å²) in [5.74, 6) is -1.88. The van der Waals surface area contributed by atoms with Crippen molar-refractivity contribution in [1.29, 1.82) is 5.26 Å². The summed E-state index contributed by atoms with van der Waals surface area (Å²) >= 11 is 0.